The summed E-state index contributed by atoms with van der Waals surface area (Å²) in [7, 11) is 1.54. The largest absolute Gasteiger partial charge is 0.394 e. The van der Waals surface area contributed by atoms with Crippen LogP contribution in [0.5, 0.6) is 0 Å². The van der Waals surface area contributed by atoms with E-state index < -0.39 is 24.1 Å². The molecule has 0 aromatic carbocycles. The molecule has 0 aliphatic carbocycles. The number of nitrogens with two attached hydrogens (primary N) is 1. The van der Waals surface area contributed by atoms with Crippen molar-refractivity contribution in [3.8, 4) is 0 Å². The Balaban J connectivity index is 2.60. The van der Waals surface area contributed by atoms with Gasteiger partial charge in [0.05, 0.1) is 11.3 Å². The molecular weight excluding hydrogens is 247 g/mol. The molecule has 1 heterocycles. The summed E-state index contributed by atoms with van der Waals surface area (Å²) in [4.78, 5) is 13.3. The zero-order chi connectivity index (χ0) is 14.0. The molecule has 1 fully saturated rings. The second-order valence-electron chi connectivity index (χ2n) is 5.10. The van der Waals surface area contributed by atoms with E-state index >= 15 is 0 Å². The summed E-state index contributed by atoms with van der Waals surface area (Å²) < 4.78 is 37.8. The predicted molar refractivity (Wildman–Crippen MR) is 61.8 cm³/mol. The summed E-state index contributed by atoms with van der Waals surface area (Å²) in [6, 6.07) is 0. The van der Waals surface area contributed by atoms with E-state index in [1.807, 2.05) is 0 Å². The number of carbonyl (C=O) groups excluding carboxylic acids is 1. The highest BCUT2D eigenvalue weighted by Crippen LogP contribution is 2.33. The predicted octanol–water partition coefficient (Wildman–Crippen LogP) is 0.582. The van der Waals surface area contributed by atoms with Crippen molar-refractivity contribution in [3.63, 3.8) is 0 Å². The molecule has 18 heavy (non-hydrogen) atoms. The van der Waals surface area contributed by atoms with Crippen LogP contribution < -0.4 is 11.1 Å². The van der Waals surface area contributed by atoms with Crippen LogP contribution >= 0.6 is 0 Å². The minimum Gasteiger partial charge on any atom is -0.359 e. The first kappa shape index (κ1) is 15.2. The minimum atomic E-state index is -4.28. The average Bonchev–Trinajstić information content (AvgIpc) is 2.66. The molecule has 0 aromatic heterocycles. The van der Waals surface area contributed by atoms with Crippen LogP contribution in [0, 0.1) is 11.3 Å². The molecular formula is C11H20F3N3O. The summed E-state index contributed by atoms with van der Waals surface area (Å²) in [6.45, 7) is 2.07. The first-order valence-electron chi connectivity index (χ1n) is 5.94. The molecule has 0 bridgehead atoms. The summed E-state index contributed by atoms with van der Waals surface area (Å²) in [5.41, 5.74) is 4.57. The molecule has 1 aliphatic heterocycles. The first-order chi connectivity index (χ1) is 8.23. The normalized spacial score (nSPS) is 27.2. The molecule has 1 amide bonds. The lowest BCUT2D eigenvalue weighted by Gasteiger charge is -2.26. The Hall–Kier alpha value is -0.820. The molecule has 0 saturated carbocycles. The standard InChI is InChI=1S/C11H20F3N3O/c1-10(9(18)16-2)3-4-17(7-10)6-8(5-15)11(12,13)14/h8H,3-7,15H2,1-2H3,(H,16,18). The van der Waals surface area contributed by atoms with Crippen LogP contribution in [0.15, 0.2) is 0 Å². The van der Waals surface area contributed by atoms with Gasteiger partial charge in [-0.3, -0.25) is 4.79 Å². The van der Waals surface area contributed by atoms with E-state index in [4.69, 9.17) is 5.73 Å². The van der Waals surface area contributed by atoms with Crippen molar-refractivity contribution in [2.24, 2.45) is 17.1 Å². The molecule has 0 aromatic rings. The zero-order valence-corrected chi connectivity index (χ0v) is 10.7. The van der Waals surface area contributed by atoms with Crippen molar-refractivity contribution >= 4 is 5.91 Å². The lowest BCUT2D eigenvalue weighted by Crippen LogP contribution is -2.43. The van der Waals surface area contributed by atoms with Gasteiger partial charge in [-0.1, -0.05) is 0 Å². The summed E-state index contributed by atoms with van der Waals surface area (Å²) in [6.07, 6.45) is -3.71. The van der Waals surface area contributed by atoms with Gasteiger partial charge in [-0.25, -0.2) is 0 Å². The quantitative estimate of drug-likeness (QED) is 0.783. The van der Waals surface area contributed by atoms with Gasteiger partial charge in [-0.2, -0.15) is 13.2 Å². The Labute approximate surface area is 105 Å². The fraction of sp³-hybridized carbons (Fsp3) is 0.909. The van der Waals surface area contributed by atoms with Crippen molar-refractivity contribution in [2.75, 3.05) is 33.2 Å². The molecule has 2 unspecified atom stereocenters. The second-order valence-corrected chi connectivity index (χ2v) is 5.10. The van der Waals surface area contributed by atoms with Gasteiger partial charge >= 0.3 is 6.18 Å². The van der Waals surface area contributed by atoms with Crippen LogP contribution in [0.1, 0.15) is 13.3 Å². The lowest BCUT2D eigenvalue weighted by molar-refractivity contribution is -0.175. The fourth-order valence-corrected chi connectivity index (χ4v) is 2.32. The van der Waals surface area contributed by atoms with Crippen LogP contribution in [-0.2, 0) is 4.79 Å². The molecule has 7 heteroatoms. The van der Waals surface area contributed by atoms with Crippen molar-refractivity contribution in [3.05, 3.63) is 0 Å². The summed E-state index contributed by atoms with van der Waals surface area (Å²) in [5.74, 6) is -1.65. The molecule has 1 aliphatic rings. The van der Waals surface area contributed by atoms with Crippen LogP contribution in [0.25, 0.3) is 0 Å². The zero-order valence-electron chi connectivity index (χ0n) is 10.7. The van der Waals surface area contributed by atoms with E-state index in [0.29, 0.717) is 19.5 Å². The highest BCUT2D eigenvalue weighted by atomic mass is 19.4. The molecule has 1 rings (SSSR count). The van der Waals surface area contributed by atoms with Crippen LogP contribution in [0.3, 0.4) is 0 Å². The van der Waals surface area contributed by atoms with Gasteiger partial charge in [0.15, 0.2) is 0 Å². The van der Waals surface area contributed by atoms with E-state index in [1.54, 1.807) is 11.8 Å². The van der Waals surface area contributed by atoms with Crippen LogP contribution in [-0.4, -0.2) is 50.2 Å². The second kappa shape index (κ2) is 5.44. The Morgan fingerprint density at radius 3 is 2.61 bits per heavy atom. The Morgan fingerprint density at radius 2 is 2.17 bits per heavy atom. The number of hydrogen-bond acceptors (Lipinski definition) is 3. The summed E-state index contributed by atoms with van der Waals surface area (Å²) >= 11 is 0. The molecule has 3 N–H and O–H groups in total. The van der Waals surface area contributed by atoms with Crippen LogP contribution in [0.4, 0.5) is 13.2 Å². The molecule has 106 valence electrons. The highest BCUT2D eigenvalue weighted by Gasteiger charge is 2.44. The molecule has 0 spiro atoms. The van der Waals surface area contributed by atoms with E-state index in [0.717, 1.165) is 0 Å². The number of amides is 1. The van der Waals surface area contributed by atoms with Crippen LogP contribution in [0.2, 0.25) is 0 Å². The number of nitrogens with one attached hydrogen (secondary N) is 1. The minimum absolute atomic E-state index is 0.124. The summed E-state index contributed by atoms with van der Waals surface area (Å²) in [5, 5.41) is 2.55. The van der Waals surface area contributed by atoms with E-state index in [2.05, 4.69) is 5.32 Å². The number of nitrogens with zero attached hydrogens (tertiary/aromatic N) is 1. The van der Waals surface area contributed by atoms with Crippen molar-refractivity contribution in [1.82, 2.24) is 10.2 Å². The Morgan fingerprint density at radius 1 is 1.56 bits per heavy atom. The number of rotatable bonds is 4. The van der Waals surface area contributed by atoms with Gasteiger partial charge in [-0.05, 0) is 19.9 Å². The molecule has 1 saturated heterocycles. The number of alkyl halides is 3. The van der Waals surface area contributed by atoms with E-state index in [9.17, 15) is 18.0 Å². The van der Waals surface area contributed by atoms with E-state index in [1.165, 1.54) is 7.05 Å². The smallest absolute Gasteiger partial charge is 0.359 e. The van der Waals surface area contributed by atoms with Gasteiger partial charge in [-0.15, -0.1) is 0 Å². The maximum absolute atomic E-state index is 12.6. The molecule has 4 nitrogen and oxygen atoms in total. The third-order valence-electron chi connectivity index (χ3n) is 3.55. The number of likely N-dealkylation sites (tertiary alicyclic amines) is 1. The Kier molecular flexibility index (Phi) is 4.61. The maximum Gasteiger partial charge on any atom is 0.394 e. The van der Waals surface area contributed by atoms with Gasteiger partial charge < -0.3 is 16.0 Å². The maximum atomic E-state index is 12.6. The fourth-order valence-electron chi connectivity index (χ4n) is 2.32. The first-order valence-corrected chi connectivity index (χ1v) is 5.94. The number of carbonyl (C=O) groups is 1. The lowest BCUT2D eigenvalue weighted by atomic mass is 9.89. The third-order valence-corrected chi connectivity index (χ3v) is 3.55. The Bertz CT molecular complexity index is 308. The van der Waals surface area contributed by atoms with Crippen molar-refractivity contribution in [1.29, 1.82) is 0 Å². The number of halogens is 3. The SMILES string of the molecule is CNC(=O)C1(C)CCN(CC(CN)C(F)(F)F)C1. The van der Waals surface area contributed by atoms with Gasteiger partial charge in [0, 0.05) is 26.7 Å². The highest BCUT2D eigenvalue weighted by molar-refractivity contribution is 5.82. The van der Waals surface area contributed by atoms with E-state index in [-0.39, 0.29) is 12.5 Å². The molecule has 0 radical (unpaired) electrons. The third kappa shape index (κ3) is 3.35. The monoisotopic (exact) mass is 267 g/mol. The van der Waals surface area contributed by atoms with Gasteiger partial charge in [0.1, 0.15) is 0 Å². The van der Waals surface area contributed by atoms with Gasteiger partial charge in [0.2, 0.25) is 5.91 Å². The van der Waals surface area contributed by atoms with Crippen molar-refractivity contribution in [2.45, 2.75) is 19.5 Å². The van der Waals surface area contributed by atoms with Crippen molar-refractivity contribution < 1.29 is 18.0 Å². The number of hydrogen-bond donors (Lipinski definition) is 2. The molecule has 2 atom stereocenters. The topological polar surface area (TPSA) is 58.4 Å². The van der Waals surface area contributed by atoms with Gasteiger partial charge in [0.25, 0.3) is 0 Å². The average molecular weight is 267 g/mol.